The van der Waals surface area contributed by atoms with Crippen molar-refractivity contribution in [1.82, 2.24) is 0 Å². The molecule has 1 atom stereocenters. The molecule has 0 radical (unpaired) electrons. The third kappa shape index (κ3) is 2.05. The molecular weight excluding hydrogens is 270 g/mol. The zero-order valence-electron chi connectivity index (χ0n) is 8.82. The molecule has 1 aliphatic rings. The van der Waals surface area contributed by atoms with Gasteiger partial charge < -0.3 is 16.4 Å². The topological polar surface area (TPSA) is 72.4 Å². The number of nitrogens with two attached hydrogens (primary N) is 2. The molecular formula is C11H14BrN3O. The fourth-order valence-electron chi connectivity index (χ4n) is 1.94. The Balaban J connectivity index is 2.28. The third-order valence-electron chi connectivity index (χ3n) is 2.82. The molecule has 0 aromatic heterocycles. The summed E-state index contributed by atoms with van der Waals surface area (Å²) in [6, 6.07) is 5.54. The van der Waals surface area contributed by atoms with Crippen LogP contribution in [-0.2, 0) is 4.79 Å². The smallest absolute Gasteiger partial charge is 0.227 e. The maximum atomic E-state index is 11.8. The van der Waals surface area contributed by atoms with Crippen LogP contribution in [0.5, 0.6) is 0 Å². The molecule has 0 spiro atoms. The van der Waals surface area contributed by atoms with Crippen molar-refractivity contribution in [3.8, 4) is 0 Å². The number of anilines is 2. The van der Waals surface area contributed by atoms with Gasteiger partial charge in [0.15, 0.2) is 0 Å². The number of amides is 1. The Morgan fingerprint density at radius 2 is 2.25 bits per heavy atom. The van der Waals surface area contributed by atoms with Crippen LogP contribution in [0.3, 0.4) is 0 Å². The molecule has 1 aliphatic heterocycles. The quantitative estimate of drug-likeness (QED) is 0.805. The lowest BCUT2D eigenvalue weighted by Crippen LogP contribution is -2.26. The van der Waals surface area contributed by atoms with E-state index in [1.165, 1.54) is 0 Å². The van der Waals surface area contributed by atoms with Crippen molar-refractivity contribution in [1.29, 1.82) is 0 Å². The first-order chi connectivity index (χ1) is 7.61. The third-order valence-corrected chi connectivity index (χ3v) is 3.31. The lowest BCUT2D eigenvalue weighted by molar-refractivity contribution is -0.117. The number of nitrogen functional groups attached to an aromatic ring is 1. The van der Waals surface area contributed by atoms with Gasteiger partial charge >= 0.3 is 0 Å². The fraction of sp³-hybridized carbons (Fsp3) is 0.364. The lowest BCUT2D eigenvalue weighted by Gasteiger charge is -2.18. The number of rotatable bonds is 2. The van der Waals surface area contributed by atoms with E-state index in [9.17, 15) is 4.79 Å². The van der Waals surface area contributed by atoms with Gasteiger partial charge in [0.1, 0.15) is 0 Å². The van der Waals surface area contributed by atoms with E-state index < -0.39 is 0 Å². The number of benzene rings is 1. The second-order valence-electron chi connectivity index (χ2n) is 4.01. The number of nitrogens with zero attached hydrogens (tertiary/aromatic N) is 1. The normalized spacial score (nSPS) is 20.5. The van der Waals surface area contributed by atoms with Crippen LogP contribution in [0, 0.1) is 5.92 Å². The largest absolute Gasteiger partial charge is 0.397 e. The maximum Gasteiger partial charge on any atom is 0.227 e. The number of hydrogen-bond donors (Lipinski definition) is 2. The summed E-state index contributed by atoms with van der Waals surface area (Å²) in [4.78, 5) is 13.5. The van der Waals surface area contributed by atoms with Crippen molar-refractivity contribution >= 4 is 33.2 Å². The molecule has 1 aromatic carbocycles. The highest BCUT2D eigenvalue weighted by atomic mass is 79.9. The van der Waals surface area contributed by atoms with Crippen LogP contribution in [0.2, 0.25) is 0 Å². The summed E-state index contributed by atoms with van der Waals surface area (Å²) in [7, 11) is 0. The first-order valence-electron chi connectivity index (χ1n) is 5.17. The average Bonchev–Trinajstić information content (AvgIpc) is 2.60. The standard InChI is InChI=1S/C11H14BrN3O/c12-8-1-2-10(9(14)4-8)15-6-7(5-13)3-11(15)16/h1-2,4,7H,3,5-6,13-14H2. The Hall–Kier alpha value is -1.07. The molecule has 0 bridgehead atoms. The van der Waals surface area contributed by atoms with Crippen molar-refractivity contribution in [3.05, 3.63) is 22.7 Å². The Morgan fingerprint density at radius 3 is 2.81 bits per heavy atom. The molecule has 0 saturated carbocycles. The molecule has 0 aliphatic carbocycles. The molecule has 5 heteroatoms. The van der Waals surface area contributed by atoms with Crippen LogP contribution in [0.1, 0.15) is 6.42 Å². The number of halogens is 1. The van der Waals surface area contributed by atoms with Gasteiger partial charge in [-0.15, -0.1) is 0 Å². The van der Waals surface area contributed by atoms with Gasteiger partial charge in [0.25, 0.3) is 0 Å². The first kappa shape index (κ1) is 11.4. The number of carbonyl (C=O) groups excluding carboxylic acids is 1. The first-order valence-corrected chi connectivity index (χ1v) is 5.96. The summed E-state index contributed by atoms with van der Waals surface area (Å²) in [6.07, 6.45) is 0.520. The van der Waals surface area contributed by atoms with Gasteiger partial charge in [0, 0.05) is 17.4 Å². The monoisotopic (exact) mass is 283 g/mol. The van der Waals surface area contributed by atoms with E-state index in [1.54, 1.807) is 11.0 Å². The average molecular weight is 284 g/mol. The van der Waals surface area contributed by atoms with Crippen molar-refractivity contribution in [3.63, 3.8) is 0 Å². The summed E-state index contributed by atoms with van der Waals surface area (Å²) in [5.41, 5.74) is 12.9. The van der Waals surface area contributed by atoms with Crippen molar-refractivity contribution in [2.75, 3.05) is 23.7 Å². The van der Waals surface area contributed by atoms with E-state index in [0.29, 0.717) is 25.2 Å². The van der Waals surface area contributed by atoms with Gasteiger partial charge in [-0.3, -0.25) is 4.79 Å². The highest BCUT2D eigenvalue weighted by Crippen LogP contribution is 2.31. The highest BCUT2D eigenvalue weighted by molar-refractivity contribution is 9.10. The molecule has 1 amide bonds. The molecule has 2 rings (SSSR count). The van der Waals surface area contributed by atoms with E-state index in [-0.39, 0.29) is 11.8 Å². The second kappa shape index (κ2) is 4.43. The highest BCUT2D eigenvalue weighted by Gasteiger charge is 2.30. The molecule has 1 fully saturated rings. The summed E-state index contributed by atoms with van der Waals surface area (Å²) in [5, 5.41) is 0. The summed E-state index contributed by atoms with van der Waals surface area (Å²) in [5.74, 6) is 0.347. The summed E-state index contributed by atoms with van der Waals surface area (Å²) in [6.45, 7) is 1.21. The Labute approximate surface area is 103 Å². The molecule has 1 aromatic rings. The van der Waals surface area contributed by atoms with E-state index in [0.717, 1.165) is 10.2 Å². The minimum absolute atomic E-state index is 0.101. The Morgan fingerprint density at radius 1 is 1.50 bits per heavy atom. The van der Waals surface area contributed by atoms with Gasteiger partial charge in [-0.25, -0.2) is 0 Å². The van der Waals surface area contributed by atoms with Crippen LogP contribution >= 0.6 is 15.9 Å². The maximum absolute atomic E-state index is 11.8. The van der Waals surface area contributed by atoms with E-state index in [2.05, 4.69) is 15.9 Å². The van der Waals surface area contributed by atoms with E-state index in [1.807, 2.05) is 12.1 Å². The fourth-order valence-corrected chi connectivity index (χ4v) is 2.32. The minimum Gasteiger partial charge on any atom is -0.397 e. The SMILES string of the molecule is NCC1CC(=O)N(c2ccc(Br)cc2N)C1. The molecule has 4 N–H and O–H groups in total. The van der Waals surface area contributed by atoms with Gasteiger partial charge in [0.05, 0.1) is 11.4 Å². The van der Waals surface area contributed by atoms with Gasteiger partial charge in [-0.1, -0.05) is 15.9 Å². The lowest BCUT2D eigenvalue weighted by atomic mass is 10.1. The zero-order valence-corrected chi connectivity index (χ0v) is 10.4. The molecule has 86 valence electrons. The Bertz CT molecular complexity index is 422. The van der Waals surface area contributed by atoms with Crippen LogP contribution in [0.4, 0.5) is 11.4 Å². The van der Waals surface area contributed by atoms with Crippen molar-refractivity contribution in [2.45, 2.75) is 6.42 Å². The van der Waals surface area contributed by atoms with Crippen molar-refractivity contribution < 1.29 is 4.79 Å². The number of carbonyl (C=O) groups is 1. The summed E-state index contributed by atoms with van der Waals surface area (Å²) >= 11 is 3.34. The van der Waals surface area contributed by atoms with Gasteiger partial charge in [0.2, 0.25) is 5.91 Å². The van der Waals surface area contributed by atoms with Crippen LogP contribution < -0.4 is 16.4 Å². The molecule has 16 heavy (non-hydrogen) atoms. The zero-order chi connectivity index (χ0) is 11.7. The Kier molecular flexibility index (Phi) is 3.16. The van der Waals surface area contributed by atoms with E-state index in [4.69, 9.17) is 11.5 Å². The molecule has 4 nitrogen and oxygen atoms in total. The molecule has 1 unspecified atom stereocenters. The minimum atomic E-state index is 0.101. The second-order valence-corrected chi connectivity index (χ2v) is 4.93. The van der Waals surface area contributed by atoms with Crippen LogP contribution in [0.25, 0.3) is 0 Å². The predicted molar refractivity (Wildman–Crippen MR) is 68.1 cm³/mol. The van der Waals surface area contributed by atoms with E-state index >= 15 is 0 Å². The van der Waals surface area contributed by atoms with Gasteiger partial charge in [-0.05, 0) is 30.7 Å². The van der Waals surface area contributed by atoms with Crippen LogP contribution in [0.15, 0.2) is 22.7 Å². The molecule has 1 saturated heterocycles. The number of hydrogen-bond acceptors (Lipinski definition) is 3. The predicted octanol–water partition coefficient (Wildman–Crippen LogP) is 1.34. The van der Waals surface area contributed by atoms with Crippen molar-refractivity contribution in [2.24, 2.45) is 11.7 Å². The van der Waals surface area contributed by atoms with Crippen LogP contribution in [-0.4, -0.2) is 19.0 Å². The summed E-state index contributed by atoms with van der Waals surface area (Å²) < 4.78 is 0.913. The molecule has 1 heterocycles. The van der Waals surface area contributed by atoms with Gasteiger partial charge in [-0.2, -0.15) is 0 Å².